The fourth-order valence-electron chi connectivity index (χ4n) is 2.37. The fraction of sp³-hybridized carbons (Fsp3) is 0.667. The minimum atomic E-state index is 0.533. The van der Waals surface area contributed by atoms with Crippen LogP contribution in [0.4, 0.5) is 0 Å². The first kappa shape index (κ1) is 12.6. The Morgan fingerprint density at radius 3 is 3.12 bits per heavy atom. The van der Waals surface area contributed by atoms with Gasteiger partial charge in [-0.1, -0.05) is 0 Å². The Balaban J connectivity index is 2.01. The van der Waals surface area contributed by atoms with E-state index in [0.717, 1.165) is 13.1 Å². The Kier molecular flexibility index (Phi) is 4.41. The summed E-state index contributed by atoms with van der Waals surface area (Å²) < 4.78 is 1.20. The number of nitrogens with two attached hydrogens (primary N) is 1. The highest BCUT2D eigenvalue weighted by molar-refractivity contribution is 9.10. The van der Waals surface area contributed by atoms with Crippen LogP contribution >= 0.6 is 27.3 Å². The van der Waals surface area contributed by atoms with Gasteiger partial charge in [0.05, 0.1) is 0 Å². The Morgan fingerprint density at radius 1 is 1.69 bits per heavy atom. The van der Waals surface area contributed by atoms with E-state index >= 15 is 0 Å². The summed E-state index contributed by atoms with van der Waals surface area (Å²) in [5.41, 5.74) is 5.78. The summed E-state index contributed by atoms with van der Waals surface area (Å²) in [5.74, 6) is 0.694. The summed E-state index contributed by atoms with van der Waals surface area (Å²) in [6.45, 7) is 5.51. The normalized spacial score (nSPS) is 24.6. The van der Waals surface area contributed by atoms with Crippen LogP contribution in [0.2, 0.25) is 0 Å². The van der Waals surface area contributed by atoms with Crippen LogP contribution in [-0.2, 0) is 0 Å². The molecule has 1 aromatic heterocycles. The maximum Gasteiger partial charge on any atom is 0.0413 e. The van der Waals surface area contributed by atoms with E-state index in [4.69, 9.17) is 5.73 Å². The van der Waals surface area contributed by atoms with Crippen LogP contribution in [0.15, 0.2) is 15.9 Å². The van der Waals surface area contributed by atoms with Gasteiger partial charge in [-0.05, 0) is 60.8 Å². The molecular formula is C12H19BrN2S. The van der Waals surface area contributed by atoms with Crippen LogP contribution in [0.3, 0.4) is 0 Å². The Bertz CT molecular complexity index is 340. The molecule has 0 bridgehead atoms. The van der Waals surface area contributed by atoms with E-state index in [1.54, 1.807) is 0 Å². The summed E-state index contributed by atoms with van der Waals surface area (Å²) in [7, 11) is 0. The lowest BCUT2D eigenvalue weighted by Crippen LogP contribution is -2.39. The number of likely N-dealkylation sites (tertiary alicyclic amines) is 1. The zero-order valence-corrected chi connectivity index (χ0v) is 12.1. The van der Waals surface area contributed by atoms with Gasteiger partial charge < -0.3 is 5.73 Å². The maximum absolute atomic E-state index is 5.78. The van der Waals surface area contributed by atoms with E-state index in [2.05, 4.69) is 39.2 Å². The van der Waals surface area contributed by atoms with Gasteiger partial charge in [0.1, 0.15) is 0 Å². The lowest BCUT2D eigenvalue weighted by Gasteiger charge is -2.36. The third-order valence-corrected chi connectivity index (χ3v) is 5.29. The van der Waals surface area contributed by atoms with Gasteiger partial charge in [0, 0.05) is 27.3 Å². The van der Waals surface area contributed by atoms with Gasteiger partial charge in [-0.15, -0.1) is 11.3 Å². The van der Waals surface area contributed by atoms with Gasteiger partial charge in [-0.2, -0.15) is 0 Å². The van der Waals surface area contributed by atoms with Crippen molar-refractivity contribution in [2.75, 3.05) is 19.6 Å². The minimum Gasteiger partial charge on any atom is -0.330 e. The molecule has 2 unspecified atom stereocenters. The van der Waals surface area contributed by atoms with Crippen LogP contribution in [0.25, 0.3) is 0 Å². The van der Waals surface area contributed by atoms with Gasteiger partial charge in [-0.3, -0.25) is 4.90 Å². The standard InChI is InChI=1S/C12H19BrN2S/c1-9(12-5-11(13)8-16-12)15-4-2-3-10(6-14)7-15/h5,8-10H,2-4,6-7,14H2,1H3. The van der Waals surface area contributed by atoms with Crippen LogP contribution in [0.5, 0.6) is 0 Å². The van der Waals surface area contributed by atoms with Crippen LogP contribution in [0.1, 0.15) is 30.7 Å². The molecule has 0 spiro atoms. The second kappa shape index (κ2) is 5.63. The predicted octanol–water partition coefficient (Wildman–Crippen LogP) is 3.24. The third kappa shape index (κ3) is 2.86. The lowest BCUT2D eigenvalue weighted by molar-refractivity contribution is 0.136. The molecule has 16 heavy (non-hydrogen) atoms. The number of rotatable bonds is 3. The second-order valence-electron chi connectivity index (χ2n) is 4.58. The van der Waals surface area contributed by atoms with Crippen molar-refractivity contribution >= 4 is 27.3 Å². The van der Waals surface area contributed by atoms with E-state index in [1.807, 2.05) is 11.3 Å². The van der Waals surface area contributed by atoms with E-state index in [9.17, 15) is 0 Å². The Labute approximate surface area is 110 Å². The number of thiophene rings is 1. The molecule has 1 aromatic rings. The SMILES string of the molecule is CC(c1cc(Br)cs1)N1CCCC(CN)C1. The molecule has 1 aliphatic heterocycles. The summed E-state index contributed by atoms with van der Waals surface area (Å²) in [5, 5.41) is 2.16. The molecule has 90 valence electrons. The van der Waals surface area contributed by atoms with Gasteiger partial charge in [0.15, 0.2) is 0 Å². The highest BCUT2D eigenvalue weighted by Gasteiger charge is 2.24. The number of piperidine rings is 1. The van der Waals surface area contributed by atoms with E-state index in [-0.39, 0.29) is 0 Å². The first-order chi connectivity index (χ1) is 7.70. The zero-order valence-electron chi connectivity index (χ0n) is 9.66. The highest BCUT2D eigenvalue weighted by Crippen LogP contribution is 2.31. The molecule has 4 heteroatoms. The van der Waals surface area contributed by atoms with Crippen molar-refractivity contribution in [2.45, 2.75) is 25.8 Å². The van der Waals surface area contributed by atoms with Crippen molar-refractivity contribution in [3.63, 3.8) is 0 Å². The van der Waals surface area contributed by atoms with Crippen molar-refractivity contribution in [1.82, 2.24) is 4.90 Å². The summed E-state index contributed by atoms with van der Waals surface area (Å²) in [4.78, 5) is 4.02. The molecule has 2 rings (SSSR count). The molecule has 0 amide bonds. The average molecular weight is 303 g/mol. The maximum atomic E-state index is 5.78. The molecule has 1 fully saturated rings. The van der Waals surface area contributed by atoms with Crippen molar-refractivity contribution in [3.8, 4) is 0 Å². The van der Waals surface area contributed by atoms with Crippen molar-refractivity contribution in [3.05, 3.63) is 20.8 Å². The third-order valence-electron chi connectivity index (χ3n) is 3.43. The molecule has 2 nitrogen and oxygen atoms in total. The summed E-state index contributed by atoms with van der Waals surface area (Å²) in [6, 6.07) is 2.77. The first-order valence-electron chi connectivity index (χ1n) is 5.88. The number of halogens is 1. The molecule has 0 saturated carbocycles. The first-order valence-corrected chi connectivity index (χ1v) is 7.56. The van der Waals surface area contributed by atoms with Crippen molar-refractivity contribution in [1.29, 1.82) is 0 Å². The van der Waals surface area contributed by atoms with Crippen LogP contribution in [-0.4, -0.2) is 24.5 Å². The molecular weight excluding hydrogens is 284 g/mol. The zero-order chi connectivity index (χ0) is 11.5. The fourth-order valence-corrected chi connectivity index (χ4v) is 3.90. The number of hydrogen-bond acceptors (Lipinski definition) is 3. The quantitative estimate of drug-likeness (QED) is 0.929. The minimum absolute atomic E-state index is 0.533. The smallest absolute Gasteiger partial charge is 0.0413 e. The molecule has 2 heterocycles. The largest absolute Gasteiger partial charge is 0.330 e. The summed E-state index contributed by atoms with van der Waals surface area (Å²) in [6.07, 6.45) is 2.59. The van der Waals surface area contributed by atoms with Crippen molar-refractivity contribution < 1.29 is 0 Å². The van der Waals surface area contributed by atoms with Crippen molar-refractivity contribution in [2.24, 2.45) is 11.7 Å². The topological polar surface area (TPSA) is 29.3 Å². The highest BCUT2D eigenvalue weighted by atomic mass is 79.9. The Morgan fingerprint density at radius 2 is 2.50 bits per heavy atom. The second-order valence-corrected chi connectivity index (χ2v) is 6.44. The van der Waals surface area contributed by atoms with Crippen LogP contribution < -0.4 is 5.73 Å². The number of hydrogen-bond donors (Lipinski definition) is 1. The van der Waals surface area contributed by atoms with E-state index in [0.29, 0.717) is 12.0 Å². The molecule has 0 aromatic carbocycles. The molecule has 1 aliphatic rings. The van der Waals surface area contributed by atoms with Gasteiger partial charge in [-0.25, -0.2) is 0 Å². The van der Waals surface area contributed by atoms with Crippen LogP contribution in [0, 0.1) is 5.92 Å². The molecule has 0 radical (unpaired) electrons. The van der Waals surface area contributed by atoms with Gasteiger partial charge in [0.25, 0.3) is 0 Å². The molecule has 2 atom stereocenters. The summed E-state index contributed by atoms with van der Waals surface area (Å²) >= 11 is 5.36. The van der Waals surface area contributed by atoms with Gasteiger partial charge >= 0.3 is 0 Å². The Hall–Kier alpha value is 0.1000. The van der Waals surface area contributed by atoms with E-state index in [1.165, 1.54) is 28.7 Å². The predicted molar refractivity (Wildman–Crippen MR) is 73.8 cm³/mol. The van der Waals surface area contributed by atoms with Gasteiger partial charge in [0.2, 0.25) is 0 Å². The average Bonchev–Trinajstić information content (AvgIpc) is 2.75. The molecule has 0 aliphatic carbocycles. The monoisotopic (exact) mass is 302 g/mol. The molecule has 2 N–H and O–H groups in total. The molecule has 1 saturated heterocycles. The van der Waals surface area contributed by atoms with E-state index < -0.39 is 0 Å². The lowest BCUT2D eigenvalue weighted by atomic mass is 9.97. The number of nitrogens with zero attached hydrogens (tertiary/aromatic N) is 1.